The molecule has 0 aliphatic heterocycles. The maximum absolute atomic E-state index is 11.1. The van der Waals surface area contributed by atoms with Gasteiger partial charge < -0.3 is 113 Å². The van der Waals surface area contributed by atoms with Gasteiger partial charge in [0, 0.05) is 0 Å². The molecule has 1 saturated carbocycles. The number of phosphoric acid groups is 6. The molecule has 0 heterocycles. The van der Waals surface area contributed by atoms with Crippen molar-refractivity contribution >= 4 is 108 Å². The summed E-state index contributed by atoms with van der Waals surface area (Å²) in [7, 11) is -40.1. The standard InChI is InChI=1S/C6H18O24P6.2CH4.Ca.Mg/c7-31(8,9)25-1-2(26-32(10,11)12)4(28-34(16,17)18)6(30-36(22,23)24)5(29-35(19,20)21)3(1)27-33(13,14)15;;;;/h1-6H,(H2,7,8,9)(H2,10,11,12)(H2,13,14,15)(H2,16,17,18)(H2,19,20,21)(H2,22,23,24);2*1H4;;/q;;;2*+2/p-12. The van der Waals surface area contributed by atoms with Crippen LogP contribution in [0.25, 0.3) is 0 Å². The Kier molecular flexibility index (Phi) is 21.8. The summed E-state index contributed by atoms with van der Waals surface area (Å²) in [6.45, 7) is 0. The monoisotopic (exact) mass is 744 g/mol. The molecule has 40 heavy (non-hydrogen) atoms. The van der Waals surface area contributed by atoms with Crippen LogP contribution < -0.4 is 58.7 Å². The molecule has 0 atom stereocenters. The average Bonchev–Trinajstić information content (AvgIpc) is 2.51. The van der Waals surface area contributed by atoms with E-state index in [1.807, 2.05) is 0 Å². The van der Waals surface area contributed by atoms with Crippen LogP contribution in [-0.4, -0.2) is 97.4 Å². The number of hydrogen-bond donors (Lipinski definition) is 0. The molecule has 1 aliphatic rings. The number of rotatable bonds is 12. The Morgan fingerprint density at radius 1 is 0.325 bits per heavy atom. The van der Waals surface area contributed by atoms with Gasteiger partial charge in [0.2, 0.25) is 0 Å². The van der Waals surface area contributed by atoms with Crippen LogP contribution in [0, 0.1) is 0 Å². The zero-order valence-corrected chi connectivity index (χ0v) is 26.3. The van der Waals surface area contributed by atoms with E-state index in [2.05, 4.69) is 27.1 Å². The second kappa shape index (κ2) is 17.6. The van der Waals surface area contributed by atoms with Crippen LogP contribution in [0.1, 0.15) is 14.9 Å². The van der Waals surface area contributed by atoms with Gasteiger partial charge in [0.05, 0.1) is 46.9 Å². The van der Waals surface area contributed by atoms with Gasteiger partial charge in [-0.1, -0.05) is 14.9 Å². The van der Waals surface area contributed by atoms with Gasteiger partial charge in [-0.05, 0) is 0 Å². The normalized spacial score (nSPS) is 26.4. The topological polar surface area (TPSA) is 435 Å². The Balaban J connectivity index is -0.00000162. The smallest absolute Gasteiger partial charge is 0.790 e. The van der Waals surface area contributed by atoms with Crippen LogP contribution in [0.2, 0.25) is 0 Å². The molecule has 0 unspecified atom stereocenters. The predicted octanol–water partition coefficient (Wildman–Crippen LogP) is -10.2. The van der Waals surface area contributed by atoms with Crippen LogP contribution in [0.3, 0.4) is 0 Å². The van der Waals surface area contributed by atoms with Gasteiger partial charge in [0.25, 0.3) is 0 Å². The summed E-state index contributed by atoms with van der Waals surface area (Å²) in [5.41, 5.74) is 0. The minimum atomic E-state index is -6.68. The Morgan fingerprint density at radius 3 is 0.450 bits per heavy atom. The molecule has 232 valence electrons. The van der Waals surface area contributed by atoms with Crippen molar-refractivity contribution in [2.24, 2.45) is 0 Å². The minimum Gasteiger partial charge on any atom is -0.790 e. The molecular weight excluding hydrogens is 730 g/mol. The third kappa shape index (κ3) is 19.9. The van der Waals surface area contributed by atoms with Gasteiger partial charge in [0.15, 0.2) is 0 Å². The molecule has 0 aromatic carbocycles. The fourth-order valence-corrected chi connectivity index (χ4v) is 5.96. The van der Waals surface area contributed by atoms with E-state index in [0.29, 0.717) is 0 Å². The molecule has 0 amide bonds. The van der Waals surface area contributed by atoms with E-state index in [9.17, 15) is 86.1 Å². The van der Waals surface area contributed by atoms with Gasteiger partial charge in [-0.3, -0.25) is 0 Å². The first-order chi connectivity index (χ1) is 15.6. The van der Waals surface area contributed by atoms with Crippen molar-refractivity contribution in [3.63, 3.8) is 0 Å². The number of phosphoric ester groups is 6. The fraction of sp³-hybridized carbons (Fsp3) is 1.00. The van der Waals surface area contributed by atoms with Crippen molar-refractivity contribution in [3.8, 4) is 0 Å². The summed E-state index contributed by atoms with van der Waals surface area (Å²) >= 11 is 0. The molecule has 1 rings (SSSR count). The molecule has 0 bridgehead atoms. The second-order valence-corrected chi connectivity index (χ2v) is 12.7. The zero-order valence-electron chi connectivity index (χ0n) is 17.4. The third-order valence-electron chi connectivity index (χ3n) is 3.45. The largest absolute Gasteiger partial charge is 2.00 e. The average molecular weight is 744 g/mol. The summed E-state index contributed by atoms with van der Waals surface area (Å²) in [5, 5.41) is 0. The zero-order chi connectivity index (χ0) is 28.7. The number of hydrogen-bond acceptors (Lipinski definition) is 24. The van der Waals surface area contributed by atoms with Gasteiger partial charge in [0.1, 0.15) is 36.6 Å². The van der Waals surface area contributed by atoms with E-state index >= 15 is 0 Å². The van der Waals surface area contributed by atoms with Crippen LogP contribution in [0.15, 0.2) is 0 Å². The van der Waals surface area contributed by atoms with E-state index < -0.39 is 83.6 Å². The fourth-order valence-electron chi connectivity index (χ4n) is 2.74. The van der Waals surface area contributed by atoms with Crippen molar-refractivity contribution in [1.82, 2.24) is 0 Å². The molecule has 0 saturated heterocycles. The Morgan fingerprint density at radius 2 is 0.400 bits per heavy atom. The van der Waals surface area contributed by atoms with Crippen molar-refractivity contribution in [2.75, 3.05) is 0 Å². The maximum Gasteiger partial charge on any atom is 2.00 e. The summed E-state index contributed by atoms with van der Waals surface area (Å²) in [4.78, 5) is 133. The Labute approximate surface area is 270 Å². The molecule has 0 aromatic rings. The minimum absolute atomic E-state index is 0. The first kappa shape index (κ1) is 49.6. The Bertz CT molecular complexity index is 836. The third-order valence-corrected chi connectivity index (χ3v) is 6.46. The molecule has 0 aromatic heterocycles. The molecule has 1 aliphatic carbocycles. The van der Waals surface area contributed by atoms with Gasteiger partial charge in [-0.25, -0.2) is 0 Å². The predicted molar refractivity (Wildman–Crippen MR) is 99.8 cm³/mol. The summed E-state index contributed by atoms with van der Waals surface area (Å²) in [6, 6.07) is 0. The quantitative estimate of drug-likeness (QED) is 0.132. The van der Waals surface area contributed by atoms with Crippen LogP contribution >= 0.6 is 46.9 Å². The van der Waals surface area contributed by atoms with E-state index in [1.54, 1.807) is 0 Å². The molecule has 32 heteroatoms. The summed E-state index contributed by atoms with van der Waals surface area (Å²) in [5.74, 6) is 0. The first-order valence-electron chi connectivity index (χ1n) is 7.80. The molecular formula is C8H14CaMgO24P6-8. The SMILES string of the molecule is C.C.O=P([O-])([O-])OC1C(OP(=O)([O-])[O-])C(OP(=O)([O-])[O-])C(OP(=O)([O-])[O-])C(OP(=O)([O-])[O-])C1OP(=O)([O-])[O-].[Ca+2].[Mg+2]. The van der Waals surface area contributed by atoms with Crippen molar-refractivity contribution < 1.29 is 113 Å². The van der Waals surface area contributed by atoms with Gasteiger partial charge in [-0.2, -0.15) is 0 Å². The van der Waals surface area contributed by atoms with E-state index in [-0.39, 0.29) is 75.6 Å². The van der Waals surface area contributed by atoms with Crippen molar-refractivity contribution in [1.29, 1.82) is 0 Å². The Hall–Kier alpha value is 2.69. The van der Waals surface area contributed by atoms with Crippen LogP contribution in [0.5, 0.6) is 0 Å². The molecule has 0 N–H and O–H groups in total. The van der Waals surface area contributed by atoms with Crippen molar-refractivity contribution in [3.05, 3.63) is 0 Å². The van der Waals surface area contributed by atoms with Gasteiger partial charge >= 0.3 is 60.8 Å². The van der Waals surface area contributed by atoms with Crippen molar-refractivity contribution in [2.45, 2.75) is 51.5 Å². The van der Waals surface area contributed by atoms with E-state index in [0.717, 1.165) is 0 Å². The maximum atomic E-state index is 11.1. The van der Waals surface area contributed by atoms with E-state index in [1.165, 1.54) is 0 Å². The van der Waals surface area contributed by atoms with Crippen LogP contribution in [0.4, 0.5) is 0 Å². The molecule has 0 radical (unpaired) electrons. The molecule has 1 fully saturated rings. The first-order valence-corrected chi connectivity index (χ1v) is 16.6. The molecule has 0 spiro atoms. The summed E-state index contributed by atoms with van der Waals surface area (Å²) in [6.07, 6.45) is -21.5. The van der Waals surface area contributed by atoms with Crippen LogP contribution in [-0.2, 0) is 54.5 Å². The van der Waals surface area contributed by atoms with E-state index in [4.69, 9.17) is 0 Å². The van der Waals surface area contributed by atoms with Gasteiger partial charge in [-0.15, -0.1) is 0 Å². The second-order valence-electron chi connectivity index (χ2n) is 6.10. The summed E-state index contributed by atoms with van der Waals surface area (Å²) < 4.78 is 88.3. The molecule has 24 nitrogen and oxygen atoms in total.